The van der Waals surface area contributed by atoms with Gasteiger partial charge in [-0.3, -0.25) is 9.80 Å². The second-order valence-corrected chi connectivity index (χ2v) is 9.74. The van der Waals surface area contributed by atoms with Gasteiger partial charge < -0.3 is 9.80 Å². The summed E-state index contributed by atoms with van der Waals surface area (Å²) in [5.74, 6) is 0. The van der Waals surface area contributed by atoms with Crippen LogP contribution in [0.4, 0.5) is 0 Å². The Kier molecular flexibility index (Phi) is 12.6. The van der Waals surface area contributed by atoms with Crippen LogP contribution in [0.2, 0.25) is 0 Å². The number of nitrogens with zero attached hydrogens (tertiary/aromatic N) is 4. The summed E-state index contributed by atoms with van der Waals surface area (Å²) in [7, 11) is 4.53. The number of benzene rings is 1. The molecule has 5 rings (SSSR count). The van der Waals surface area contributed by atoms with Crippen molar-refractivity contribution in [3.05, 3.63) is 33.4 Å². The summed E-state index contributed by atoms with van der Waals surface area (Å²) in [6.45, 7) is 12.3. The Bertz CT molecular complexity index is 635. The number of piperazine rings is 2. The zero-order valence-corrected chi connectivity index (χ0v) is 23.0. The van der Waals surface area contributed by atoms with Crippen molar-refractivity contribution >= 4 is 49.6 Å². The number of fused-ring (bicyclic) bond motifs is 2. The van der Waals surface area contributed by atoms with Crippen molar-refractivity contribution in [1.82, 2.24) is 19.6 Å². The lowest BCUT2D eigenvalue weighted by Gasteiger charge is -2.35. The maximum Gasteiger partial charge on any atom is 0.0240 e. The topological polar surface area (TPSA) is 13.0 Å². The first-order valence-electron chi connectivity index (χ1n) is 11.7. The lowest BCUT2D eigenvalue weighted by Crippen LogP contribution is -2.44. The minimum absolute atomic E-state index is 0. The van der Waals surface area contributed by atoms with Gasteiger partial charge >= 0.3 is 0 Å². The van der Waals surface area contributed by atoms with Crippen molar-refractivity contribution in [3.8, 4) is 0 Å². The van der Waals surface area contributed by atoms with Crippen LogP contribution in [0, 0.1) is 0 Å². The predicted octanol–water partition coefficient (Wildman–Crippen LogP) is 3.85. The third-order valence-electron chi connectivity index (χ3n) is 7.85. The molecular weight excluding hydrogens is 486 g/mol. The van der Waals surface area contributed by atoms with Crippen LogP contribution in [0.1, 0.15) is 46.2 Å². The van der Waals surface area contributed by atoms with Crippen molar-refractivity contribution in [1.29, 1.82) is 0 Å². The Labute approximate surface area is 220 Å². The van der Waals surface area contributed by atoms with E-state index in [2.05, 4.69) is 33.7 Å². The van der Waals surface area contributed by atoms with Gasteiger partial charge in [-0.2, -0.15) is 0 Å². The minimum atomic E-state index is 0. The Morgan fingerprint density at radius 3 is 1.03 bits per heavy atom. The number of hydrogen-bond acceptors (Lipinski definition) is 4. The number of halogens is 4. The van der Waals surface area contributed by atoms with E-state index in [1.54, 1.807) is 33.4 Å². The van der Waals surface area contributed by atoms with Crippen LogP contribution < -0.4 is 0 Å². The van der Waals surface area contributed by atoms with Gasteiger partial charge in [0.1, 0.15) is 0 Å². The standard InChI is InChI=1S/C24H38N4.4ClH/c1-25-9-13-27(14-10-25)17-23-19-5-3-7-21(19)24(22-8-4-6-20(22)23)18-28-15-11-26(2)12-16-28;;;;/h3-18H2,1-2H3;4*1H. The molecule has 0 saturated carbocycles. The quantitative estimate of drug-likeness (QED) is 0.589. The molecule has 1 aromatic rings. The van der Waals surface area contributed by atoms with Gasteiger partial charge in [-0.15, -0.1) is 49.6 Å². The fourth-order valence-corrected chi connectivity index (χ4v) is 6.02. The first-order valence-corrected chi connectivity index (χ1v) is 11.7. The maximum absolute atomic E-state index is 2.73. The summed E-state index contributed by atoms with van der Waals surface area (Å²) in [5.41, 5.74) is 10.7. The Morgan fingerprint density at radius 2 is 0.750 bits per heavy atom. The van der Waals surface area contributed by atoms with Crippen LogP contribution >= 0.6 is 49.6 Å². The lowest BCUT2D eigenvalue weighted by molar-refractivity contribution is 0.146. The first-order chi connectivity index (χ1) is 13.7. The molecule has 1 aromatic carbocycles. The molecule has 2 aliphatic heterocycles. The first kappa shape index (κ1) is 30.3. The molecule has 4 nitrogen and oxygen atoms in total. The highest BCUT2D eigenvalue weighted by molar-refractivity contribution is 5.86. The summed E-state index contributed by atoms with van der Waals surface area (Å²) in [5, 5.41) is 0. The average Bonchev–Trinajstić information content (AvgIpc) is 3.37. The molecule has 32 heavy (non-hydrogen) atoms. The number of rotatable bonds is 4. The van der Waals surface area contributed by atoms with E-state index in [9.17, 15) is 0 Å². The van der Waals surface area contributed by atoms with E-state index in [0.29, 0.717) is 0 Å². The highest BCUT2D eigenvalue weighted by atomic mass is 35.5. The van der Waals surface area contributed by atoms with Crippen molar-refractivity contribution in [2.75, 3.05) is 66.5 Å². The fourth-order valence-electron chi connectivity index (χ4n) is 6.02. The molecule has 4 aliphatic rings. The van der Waals surface area contributed by atoms with E-state index >= 15 is 0 Å². The van der Waals surface area contributed by atoms with E-state index in [1.807, 2.05) is 0 Å². The monoisotopic (exact) mass is 526 g/mol. The van der Waals surface area contributed by atoms with Crippen molar-refractivity contribution in [2.45, 2.75) is 51.6 Å². The highest BCUT2D eigenvalue weighted by Gasteiger charge is 2.30. The van der Waals surface area contributed by atoms with Crippen molar-refractivity contribution in [2.24, 2.45) is 0 Å². The third kappa shape index (κ3) is 6.26. The number of hydrogen-bond donors (Lipinski definition) is 0. The molecule has 2 fully saturated rings. The normalized spacial score (nSPS) is 21.6. The van der Waals surface area contributed by atoms with Crippen LogP contribution in [0.5, 0.6) is 0 Å². The Morgan fingerprint density at radius 1 is 0.469 bits per heavy atom. The summed E-state index contributed by atoms with van der Waals surface area (Å²) in [6, 6.07) is 0. The van der Waals surface area contributed by atoms with E-state index < -0.39 is 0 Å². The van der Waals surface area contributed by atoms with Gasteiger partial charge in [-0.1, -0.05) is 0 Å². The maximum atomic E-state index is 2.73. The lowest BCUT2D eigenvalue weighted by atomic mass is 9.88. The Balaban J connectivity index is 0.00000128. The van der Waals surface area contributed by atoms with Gasteiger partial charge in [0.05, 0.1) is 0 Å². The second-order valence-electron chi connectivity index (χ2n) is 9.74. The largest absolute Gasteiger partial charge is 0.304 e. The van der Waals surface area contributed by atoms with Gasteiger partial charge in [-0.25, -0.2) is 0 Å². The summed E-state index contributed by atoms with van der Waals surface area (Å²) < 4.78 is 0. The van der Waals surface area contributed by atoms with E-state index in [-0.39, 0.29) is 49.6 Å². The molecule has 2 saturated heterocycles. The molecule has 186 valence electrons. The molecular formula is C24H42Cl4N4. The molecule has 0 radical (unpaired) electrons. The summed E-state index contributed by atoms with van der Waals surface area (Å²) in [6.07, 6.45) is 8.10. The van der Waals surface area contributed by atoms with Gasteiger partial charge in [0.2, 0.25) is 0 Å². The zero-order valence-electron chi connectivity index (χ0n) is 19.7. The molecule has 0 N–H and O–H groups in total. The highest BCUT2D eigenvalue weighted by Crippen LogP contribution is 2.40. The van der Waals surface area contributed by atoms with Gasteiger partial charge in [0.15, 0.2) is 0 Å². The SMILES string of the molecule is CN1CCN(Cc2c3c(c(CN4CCN(C)CC4)c4c2CCC4)CCC3)CC1.Cl.Cl.Cl.Cl. The smallest absolute Gasteiger partial charge is 0.0240 e. The third-order valence-corrected chi connectivity index (χ3v) is 7.85. The second kappa shape index (κ2) is 13.3. The van der Waals surface area contributed by atoms with E-state index in [1.165, 1.54) is 104 Å². The molecule has 0 spiro atoms. The molecule has 0 amide bonds. The molecule has 0 aromatic heterocycles. The van der Waals surface area contributed by atoms with Crippen LogP contribution in [0.25, 0.3) is 0 Å². The van der Waals surface area contributed by atoms with Crippen LogP contribution in [0.3, 0.4) is 0 Å². The molecule has 8 heteroatoms. The summed E-state index contributed by atoms with van der Waals surface area (Å²) >= 11 is 0. The fraction of sp³-hybridized carbons (Fsp3) is 0.750. The molecule has 0 atom stereocenters. The zero-order chi connectivity index (χ0) is 19.1. The molecule has 2 heterocycles. The summed E-state index contributed by atoms with van der Waals surface area (Å²) in [4.78, 5) is 10.4. The predicted molar refractivity (Wildman–Crippen MR) is 145 cm³/mol. The van der Waals surface area contributed by atoms with Crippen molar-refractivity contribution < 1.29 is 0 Å². The number of likely N-dealkylation sites (N-methyl/N-ethyl adjacent to an activating group) is 2. The molecule has 2 aliphatic carbocycles. The Hall–Kier alpha value is 0.220. The van der Waals surface area contributed by atoms with Crippen LogP contribution in [-0.4, -0.2) is 86.1 Å². The van der Waals surface area contributed by atoms with Crippen molar-refractivity contribution in [3.63, 3.8) is 0 Å². The molecule has 0 bridgehead atoms. The van der Waals surface area contributed by atoms with Gasteiger partial charge in [-0.05, 0) is 86.0 Å². The average molecular weight is 528 g/mol. The van der Waals surface area contributed by atoms with E-state index in [0.717, 1.165) is 0 Å². The van der Waals surface area contributed by atoms with Crippen LogP contribution in [0.15, 0.2) is 0 Å². The van der Waals surface area contributed by atoms with Crippen LogP contribution in [-0.2, 0) is 38.8 Å². The van der Waals surface area contributed by atoms with Gasteiger partial charge in [0.25, 0.3) is 0 Å². The molecule has 0 unspecified atom stereocenters. The van der Waals surface area contributed by atoms with E-state index in [4.69, 9.17) is 0 Å². The minimum Gasteiger partial charge on any atom is -0.304 e. The van der Waals surface area contributed by atoms with Gasteiger partial charge in [0, 0.05) is 65.4 Å².